The van der Waals surface area contributed by atoms with Gasteiger partial charge in [0.05, 0.1) is 6.61 Å². The van der Waals surface area contributed by atoms with Gasteiger partial charge in [0.2, 0.25) is 5.82 Å². The van der Waals surface area contributed by atoms with Crippen molar-refractivity contribution in [3.05, 3.63) is 76.9 Å². The molecular weight excluding hydrogens is 450 g/mol. The molecule has 0 N–H and O–H groups in total. The highest BCUT2D eigenvalue weighted by Gasteiger charge is 2.21. The van der Waals surface area contributed by atoms with Crippen LogP contribution in [0.5, 0.6) is 5.75 Å². The van der Waals surface area contributed by atoms with Crippen LogP contribution in [0.4, 0.5) is 8.78 Å². The van der Waals surface area contributed by atoms with Crippen LogP contribution in [-0.2, 0) is 12.8 Å². The van der Waals surface area contributed by atoms with E-state index in [4.69, 9.17) is 4.74 Å². The lowest BCUT2D eigenvalue weighted by atomic mass is 9.78. The maximum Gasteiger partial charge on any atom is 0.200 e. The lowest BCUT2D eigenvalue weighted by molar-refractivity contribution is 0.285. The molecule has 198 valence electrons. The van der Waals surface area contributed by atoms with Crippen LogP contribution < -0.4 is 4.74 Å². The van der Waals surface area contributed by atoms with E-state index in [1.54, 1.807) is 12.1 Å². The molecule has 1 aliphatic rings. The number of unbranched alkanes of at least 4 members (excludes halogenated alkanes) is 5. The Morgan fingerprint density at radius 1 is 0.778 bits per heavy atom. The van der Waals surface area contributed by atoms with Crippen molar-refractivity contribution in [2.75, 3.05) is 6.61 Å². The topological polar surface area (TPSA) is 9.23 Å². The van der Waals surface area contributed by atoms with Gasteiger partial charge in [0.1, 0.15) is 0 Å². The molecule has 3 heteroatoms. The van der Waals surface area contributed by atoms with Crippen LogP contribution in [0.1, 0.15) is 114 Å². The van der Waals surface area contributed by atoms with Crippen molar-refractivity contribution in [2.45, 2.75) is 110 Å². The smallest absolute Gasteiger partial charge is 0.200 e. The fourth-order valence-corrected chi connectivity index (χ4v) is 5.30. The number of rotatable bonds is 15. The molecule has 3 rings (SSSR count). The summed E-state index contributed by atoms with van der Waals surface area (Å²) < 4.78 is 34.4. The highest BCUT2D eigenvalue weighted by molar-refractivity contribution is 5.31. The molecule has 0 amide bonds. The van der Waals surface area contributed by atoms with Gasteiger partial charge in [-0.2, -0.15) is 4.39 Å². The van der Waals surface area contributed by atoms with Gasteiger partial charge in [0.25, 0.3) is 0 Å². The van der Waals surface area contributed by atoms with Crippen LogP contribution in [0.25, 0.3) is 0 Å². The zero-order valence-electron chi connectivity index (χ0n) is 22.5. The van der Waals surface area contributed by atoms with Crippen LogP contribution in [0.3, 0.4) is 0 Å². The zero-order valence-corrected chi connectivity index (χ0v) is 22.5. The molecular formula is C33H46F2O. The first-order chi connectivity index (χ1) is 17.6. The Kier molecular flexibility index (Phi) is 12.5. The van der Waals surface area contributed by atoms with Crippen LogP contribution in [-0.4, -0.2) is 6.61 Å². The van der Waals surface area contributed by atoms with Crippen molar-refractivity contribution in [1.82, 2.24) is 0 Å². The molecule has 0 aliphatic heterocycles. The van der Waals surface area contributed by atoms with Gasteiger partial charge in [0, 0.05) is 0 Å². The van der Waals surface area contributed by atoms with E-state index >= 15 is 0 Å². The lowest BCUT2D eigenvalue weighted by Gasteiger charge is -2.27. The first kappa shape index (κ1) is 28.4. The molecule has 0 aromatic heterocycles. The molecule has 1 aliphatic carbocycles. The largest absolute Gasteiger partial charge is 0.490 e. The van der Waals surface area contributed by atoms with Crippen molar-refractivity contribution in [2.24, 2.45) is 5.92 Å². The monoisotopic (exact) mass is 496 g/mol. The minimum absolute atomic E-state index is 0.0335. The third-order valence-corrected chi connectivity index (χ3v) is 7.66. The molecule has 0 saturated heterocycles. The second-order valence-corrected chi connectivity index (χ2v) is 10.5. The summed E-state index contributed by atoms with van der Waals surface area (Å²) in [4.78, 5) is 0. The average Bonchev–Trinajstić information content (AvgIpc) is 2.91. The summed E-state index contributed by atoms with van der Waals surface area (Å²) in [5, 5.41) is 0. The predicted octanol–water partition coefficient (Wildman–Crippen LogP) is 10.1. The number of ether oxygens (including phenoxy) is 1. The van der Waals surface area contributed by atoms with Crippen molar-refractivity contribution in [1.29, 1.82) is 0 Å². The fraction of sp³-hybridized carbons (Fsp3) is 0.576. The molecule has 2 aromatic carbocycles. The Balaban J connectivity index is 1.38. The molecule has 1 saturated carbocycles. The molecule has 36 heavy (non-hydrogen) atoms. The van der Waals surface area contributed by atoms with Crippen LogP contribution in [0.15, 0.2) is 48.6 Å². The lowest BCUT2D eigenvalue weighted by Crippen LogP contribution is -2.11. The average molecular weight is 497 g/mol. The summed E-state index contributed by atoms with van der Waals surface area (Å²) in [6.07, 6.45) is 19.8. The van der Waals surface area contributed by atoms with Crippen molar-refractivity contribution in [3.63, 3.8) is 0 Å². The maximum atomic E-state index is 14.5. The van der Waals surface area contributed by atoms with E-state index in [2.05, 4.69) is 50.3 Å². The third-order valence-electron chi connectivity index (χ3n) is 7.66. The number of halogens is 2. The minimum Gasteiger partial charge on any atom is -0.490 e. The van der Waals surface area contributed by atoms with Crippen molar-refractivity contribution in [3.8, 4) is 5.75 Å². The molecule has 0 atom stereocenters. The summed E-state index contributed by atoms with van der Waals surface area (Å²) in [6.45, 7) is 4.83. The molecule has 0 unspecified atom stereocenters. The van der Waals surface area contributed by atoms with E-state index in [0.29, 0.717) is 30.4 Å². The van der Waals surface area contributed by atoms with Gasteiger partial charge in [-0.15, -0.1) is 0 Å². The second kappa shape index (κ2) is 15.8. The van der Waals surface area contributed by atoms with Crippen LogP contribution >= 0.6 is 0 Å². The Morgan fingerprint density at radius 3 is 2.22 bits per heavy atom. The number of hydrogen-bond donors (Lipinski definition) is 0. The zero-order chi connectivity index (χ0) is 25.6. The van der Waals surface area contributed by atoms with Gasteiger partial charge in [-0.05, 0) is 92.4 Å². The molecule has 0 heterocycles. The van der Waals surface area contributed by atoms with Gasteiger partial charge in [0.15, 0.2) is 11.6 Å². The van der Waals surface area contributed by atoms with E-state index in [1.165, 1.54) is 62.5 Å². The van der Waals surface area contributed by atoms with Gasteiger partial charge < -0.3 is 4.74 Å². The fourth-order valence-electron chi connectivity index (χ4n) is 5.30. The Bertz CT molecular complexity index is 910. The van der Waals surface area contributed by atoms with Gasteiger partial charge in [-0.1, -0.05) is 88.4 Å². The standard InChI is InChI=1S/C33H46F2O/c1-3-5-7-11-25-36-31-24-23-30(32(34)33(31)35)14-10-9-13-27-17-21-29(22-18-27)28-19-15-26(16-20-28)12-8-6-4-2/h9,13,15-16,19-20,23-24,27,29H,3-8,10-12,14,17-18,21-22,25H2,1-2H3. The van der Waals surface area contributed by atoms with E-state index < -0.39 is 11.6 Å². The molecule has 2 aromatic rings. The van der Waals surface area contributed by atoms with E-state index in [1.807, 2.05) is 0 Å². The van der Waals surface area contributed by atoms with Gasteiger partial charge >= 0.3 is 0 Å². The minimum atomic E-state index is -0.848. The first-order valence-corrected chi connectivity index (χ1v) is 14.5. The van der Waals surface area contributed by atoms with Gasteiger partial charge in [-0.3, -0.25) is 0 Å². The van der Waals surface area contributed by atoms with Crippen LogP contribution in [0, 0.1) is 17.6 Å². The Morgan fingerprint density at radius 2 is 1.50 bits per heavy atom. The molecule has 0 bridgehead atoms. The predicted molar refractivity (Wildman–Crippen MR) is 148 cm³/mol. The van der Waals surface area contributed by atoms with Gasteiger partial charge in [-0.25, -0.2) is 4.39 Å². The Labute approximate surface area is 218 Å². The molecule has 0 spiro atoms. The summed E-state index contributed by atoms with van der Waals surface area (Å²) in [7, 11) is 0. The highest BCUT2D eigenvalue weighted by atomic mass is 19.2. The van der Waals surface area contributed by atoms with E-state index in [0.717, 1.165) is 32.1 Å². The summed E-state index contributed by atoms with van der Waals surface area (Å²) in [6, 6.07) is 12.6. The van der Waals surface area contributed by atoms with Crippen molar-refractivity contribution >= 4 is 0 Å². The van der Waals surface area contributed by atoms with Crippen LogP contribution in [0.2, 0.25) is 0 Å². The second-order valence-electron chi connectivity index (χ2n) is 10.5. The summed E-state index contributed by atoms with van der Waals surface area (Å²) in [5.41, 5.74) is 3.38. The maximum absolute atomic E-state index is 14.5. The molecule has 1 fully saturated rings. The third kappa shape index (κ3) is 9.05. The molecule has 0 radical (unpaired) electrons. The van der Waals surface area contributed by atoms with E-state index in [-0.39, 0.29) is 5.75 Å². The number of hydrogen-bond acceptors (Lipinski definition) is 1. The normalized spacial score (nSPS) is 18.1. The van der Waals surface area contributed by atoms with Crippen molar-refractivity contribution < 1.29 is 13.5 Å². The van der Waals surface area contributed by atoms with E-state index in [9.17, 15) is 8.78 Å². The summed E-state index contributed by atoms with van der Waals surface area (Å²) in [5.74, 6) is -0.305. The number of allylic oxidation sites excluding steroid dienone is 2. The number of aryl methyl sites for hydroxylation is 2. The number of benzene rings is 2. The molecule has 1 nitrogen and oxygen atoms in total. The quantitative estimate of drug-likeness (QED) is 0.176. The SMILES string of the molecule is CCCCCCOc1ccc(CCC=CC2CCC(c3ccc(CCCCC)cc3)CC2)c(F)c1F. The Hall–Kier alpha value is -2.16. The first-order valence-electron chi connectivity index (χ1n) is 14.5. The summed E-state index contributed by atoms with van der Waals surface area (Å²) >= 11 is 0. The highest BCUT2D eigenvalue weighted by Crippen LogP contribution is 2.36.